The van der Waals surface area contributed by atoms with Crippen molar-refractivity contribution in [3.63, 3.8) is 0 Å². The van der Waals surface area contributed by atoms with Gasteiger partial charge >= 0.3 is 0 Å². The minimum Gasteiger partial charge on any atom is -0.346 e. The summed E-state index contributed by atoms with van der Waals surface area (Å²) in [5.74, 6) is 0. The van der Waals surface area contributed by atoms with E-state index in [0.717, 1.165) is 16.6 Å². The van der Waals surface area contributed by atoms with Crippen LogP contribution in [0.4, 0.5) is 0 Å². The Morgan fingerprint density at radius 2 is 1.93 bits per heavy atom. The first-order valence-electron chi connectivity index (χ1n) is 5.25. The normalized spacial score (nSPS) is 10.9. The minimum absolute atomic E-state index is 0.870. The van der Waals surface area contributed by atoms with Gasteiger partial charge in [-0.3, -0.25) is 0 Å². The third kappa shape index (κ3) is 1.82. The average Bonchev–Trinajstić information content (AvgIpc) is 2.16. The van der Waals surface area contributed by atoms with Crippen LogP contribution < -0.4 is 0 Å². The maximum atomic E-state index is 5.31. The molecule has 0 unspecified atom stereocenters. The first-order valence-corrected chi connectivity index (χ1v) is 5.66. The van der Waals surface area contributed by atoms with Crippen LogP contribution in [0.5, 0.6) is 0 Å². The zero-order chi connectivity index (χ0) is 11.0. The fourth-order valence-corrected chi connectivity index (χ4v) is 2.29. The number of hydrogen-bond donors (Lipinski definition) is 1. The Morgan fingerprint density at radius 3 is 2.60 bits per heavy atom. The number of aromatic nitrogens is 1. The Bertz CT molecular complexity index is 566. The molecular weight excluding hydrogens is 202 g/mol. The van der Waals surface area contributed by atoms with E-state index in [1.165, 1.54) is 22.1 Å². The number of aromatic amines is 1. The molecular formula is C13H15NS. The van der Waals surface area contributed by atoms with Gasteiger partial charge in [0.1, 0.15) is 4.64 Å². The Hall–Kier alpha value is -1.15. The van der Waals surface area contributed by atoms with E-state index in [4.69, 9.17) is 12.2 Å². The molecule has 2 heteroatoms. The zero-order valence-corrected chi connectivity index (χ0v) is 10.2. The summed E-state index contributed by atoms with van der Waals surface area (Å²) in [6.45, 7) is 6.39. The smallest absolute Gasteiger partial charge is 0.106 e. The second-order valence-electron chi connectivity index (χ2n) is 4.02. The highest BCUT2D eigenvalue weighted by atomic mass is 32.1. The van der Waals surface area contributed by atoms with Crippen LogP contribution >= 0.6 is 12.2 Å². The monoisotopic (exact) mass is 217 g/mol. The Morgan fingerprint density at radius 1 is 1.20 bits per heavy atom. The van der Waals surface area contributed by atoms with E-state index in [1.54, 1.807) is 0 Å². The van der Waals surface area contributed by atoms with Crippen molar-refractivity contribution in [2.75, 3.05) is 0 Å². The van der Waals surface area contributed by atoms with Crippen molar-refractivity contribution in [2.24, 2.45) is 0 Å². The fourth-order valence-electron chi connectivity index (χ4n) is 1.98. The van der Waals surface area contributed by atoms with Crippen LogP contribution in [0.3, 0.4) is 0 Å². The number of rotatable bonds is 1. The molecule has 0 atom stereocenters. The van der Waals surface area contributed by atoms with Gasteiger partial charge in [0.2, 0.25) is 0 Å². The average molecular weight is 217 g/mol. The van der Waals surface area contributed by atoms with Gasteiger partial charge < -0.3 is 4.98 Å². The Kier molecular flexibility index (Phi) is 2.61. The summed E-state index contributed by atoms with van der Waals surface area (Å²) >= 11 is 5.31. The second-order valence-corrected chi connectivity index (χ2v) is 4.43. The van der Waals surface area contributed by atoms with E-state index in [-0.39, 0.29) is 0 Å². The molecule has 0 saturated heterocycles. The summed E-state index contributed by atoms with van der Waals surface area (Å²) in [7, 11) is 0. The van der Waals surface area contributed by atoms with Crippen molar-refractivity contribution in [3.05, 3.63) is 39.5 Å². The molecule has 1 heterocycles. The number of aryl methyl sites for hydroxylation is 3. The molecule has 78 valence electrons. The molecule has 0 radical (unpaired) electrons. The molecule has 1 aromatic heterocycles. The molecule has 0 aliphatic heterocycles. The highest BCUT2D eigenvalue weighted by molar-refractivity contribution is 7.71. The standard InChI is InChI=1S/C13H15NS/c1-4-10-7-11-9(3)5-8(2)6-12(11)14-13(10)15/h5-7H,4H2,1-3H3,(H,14,15). The van der Waals surface area contributed by atoms with Crippen LogP contribution in [0.1, 0.15) is 23.6 Å². The lowest BCUT2D eigenvalue weighted by Gasteiger charge is -2.07. The second kappa shape index (κ2) is 3.78. The molecule has 1 N–H and O–H groups in total. The van der Waals surface area contributed by atoms with Crippen molar-refractivity contribution in [3.8, 4) is 0 Å². The van der Waals surface area contributed by atoms with Gasteiger partial charge in [-0.1, -0.05) is 25.2 Å². The third-order valence-corrected chi connectivity index (χ3v) is 3.13. The topological polar surface area (TPSA) is 15.8 Å². The molecule has 1 nitrogen and oxygen atoms in total. The van der Waals surface area contributed by atoms with Crippen molar-refractivity contribution >= 4 is 23.1 Å². The summed E-state index contributed by atoms with van der Waals surface area (Å²) in [5, 5.41) is 1.28. The molecule has 0 fully saturated rings. The van der Waals surface area contributed by atoms with Crippen LogP contribution in [-0.2, 0) is 6.42 Å². The summed E-state index contributed by atoms with van der Waals surface area (Å²) in [6, 6.07) is 6.57. The van der Waals surface area contributed by atoms with E-state index in [2.05, 4.69) is 44.0 Å². The molecule has 2 aromatic rings. The molecule has 0 amide bonds. The summed E-state index contributed by atoms with van der Waals surface area (Å²) in [4.78, 5) is 3.31. The first-order chi connectivity index (χ1) is 7.11. The first kappa shape index (κ1) is 10.4. The van der Waals surface area contributed by atoms with Crippen molar-refractivity contribution < 1.29 is 0 Å². The summed E-state index contributed by atoms with van der Waals surface area (Å²) in [6.07, 6.45) is 0.985. The van der Waals surface area contributed by atoms with Crippen LogP contribution in [0.2, 0.25) is 0 Å². The van der Waals surface area contributed by atoms with Gasteiger partial charge in [-0.2, -0.15) is 0 Å². The number of pyridine rings is 1. The summed E-state index contributed by atoms with van der Waals surface area (Å²) < 4.78 is 0.870. The van der Waals surface area contributed by atoms with E-state index in [0.29, 0.717) is 0 Å². The molecule has 2 rings (SSSR count). The largest absolute Gasteiger partial charge is 0.346 e. The van der Waals surface area contributed by atoms with E-state index >= 15 is 0 Å². The molecule has 0 saturated carbocycles. The lowest BCUT2D eigenvalue weighted by atomic mass is 10.0. The van der Waals surface area contributed by atoms with Crippen LogP contribution in [0.15, 0.2) is 18.2 Å². The van der Waals surface area contributed by atoms with Gasteiger partial charge in [0.05, 0.1) is 0 Å². The van der Waals surface area contributed by atoms with E-state index in [1.807, 2.05) is 0 Å². The highest BCUT2D eigenvalue weighted by Crippen LogP contribution is 2.20. The van der Waals surface area contributed by atoms with Gasteiger partial charge in [0, 0.05) is 10.9 Å². The van der Waals surface area contributed by atoms with Gasteiger partial charge in [-0.05, 0) is 49.1 Å². The van der Waals surface area contributed by atoms with Crippen molar-refractivity contribution in [1.82, 2.24) is 4.98 Å². The Labute approximate surface area is 95.2 Å². The predicted molar refractivity (Wildman–Crippen MR) is 68.0 cm³/mol. The van der Waals surface area contributed by atoms with Gasteiger partial charge in [0.15, 0.2) is 0 Å². The molecule has 0 aliphatic carbocycles. The number of nitrogens with one attached hydrogen (secondary N) is 1. The number of hydrogen-bond acceptors (Lipinski definition) is 1. The van der Waals surface area contributed by atoms with Gasteiger partial charge in [-0.15, -0.1) is 0 Å². The fraction of sp³-hybridized carbons (Fsp3) is 0.308. The molecule has 1 aromatic carbocycles. The quantitative estimate of drug-likeness (QED) is 0.712. The van der Waals surface area contributed by atoms with Gasteiger partial charge in [-0.25, -0.2) is 0 Å². The number of fused-ring (bicyclic) bond motifs is 1. The number of H-pyrrole nitrogens is 1. The molecule has 0 spiro atoms. The maximum absolute atomic E-state index is 5.31. The maximum Gasteiger partial charge on any atom is 0.106 e. The highest BCUT2D eigenvalue weighted by Gasteiger charge is 2.02. The molecule has 15 heavy (non-hydrogen) atoms. The lowest BCUT2D eigenvalue weighted by Crippen LogP contribution is -1.90. The minimum atomic E-state index is 0.870. The summed E-state index contributed by atoms with van der Waals surface area (Å²) in [5.41, 5.74) is 4.96. The zero-order valence-electron chi connectivity index (χ0n) is 9.35. The third-order valence-electron chi connectivity index (χ3n) is 2.77. The van der Waals surface area contributed by atoms with Crippen LogP contribution in [-0.4, -0.2) is 4.98 Å². The molecule has 0 bridgehead atoms. The van der Waals surface area contributed by atoms with Crippen LogP contribution in [0, 0.1) is 18.5 Å². The Balaban J connectivity index is 2.87. The van der Waals surface area contributed by atoms with E-state index < -0.39 is 0 Å². The molecule has 0 aliphatic rings. The van der Waals surface area contributed by atoms with E-state index in [9.17, 15) is 0 Å². The van der Waals surface area contributed by atoms with Crippen molar-refractivity contribution in [1.29, 1.82) is 0 Å². The van der Waals surface area contributed by atoms with Crippen LogP contribution in [0.25, 0.3) is 10.9 Å². The SMILES string of the molecule is CCc1cc2c(C)cc(C)cc2[nH]c1=S. The lowest BCUT2D eigenvalue weighted by molar-refractivity contribution is 1.11. The van der Waals surface area contributed by atoms with Crippen molar-refractivity contribution in [2.45, 2.75) is 27.2 Å². The number of benzene rings is 1. The van der Waals surface area contributed by atoms with Gasteiger partial charge in [0.25, 0.3) is 0 Å². The predicted octanol–water partition coefficient (Wildman–Crippen LogP) is 4.08.